The van der Waals surface area contributed by atoms with Gasteiger partial charge in [-0.3, -0.25) is 4.79 Å². The van der Waals surface area contributed by atoms with Crippen LogP contribution in [-0.2, 0) is 31.0 Å². The molecule has 0 fully saturated rings. The predicted octanol–water partition coefficient (Wildman–Crippen LogP) is 3.37. The van der Waals surface area contributed by atoms with Crippen LogP contribution >= 0.6 is 0 Å². The van der Waals surface area contributed by atoms with E-state index in [2.05, 4.69) is 47.0 Å². The topological polar surface area (TPSA) is 41.1 Å². The van der Waals surface area contributed by atoms with E-state index in [0.29, 0.717) is 5.78 Å². The highest BCUT2D eigenvalue weighted by Crippen LogP contribution is 2.30. The SMILES string of the molecule is CC(C(=O)C(C)c1ccc2c(c1)CNC2)c1ccc2c(c1)CNC2. The van der Waals surface area contributed by atoms with E-state index < -0.39 is 0 Å². The van der Waals surface area contributed by atoms with Crippen LogP contribution in [0.3, 0.4) is 0 Å². The van der Waals surface area contributed by atoms with E-state index in [1.165, 1.54) is 22.3 Å². The summed E-state index contributed by atoms with van der Waals surface area (Å²) in [6.07, 6.45) is 0. The molecular weight excluding hydrogens is 296 g/mol. The lowest BCUT2D eigenvalue weighted by atomic mass is 9.84. The van der Waals surface area contributed by atoms with Crippen LogP contribution in [0.25, 0.3) is 0 Å². The molecule has 0 amide bonds. The van der Waals surface area contributed by atoms with Gasteiger partial charge in [0.05, 0.1) is 0 Å². The minimum atomic E-state index is -0.0720. The summed E-state index contributed by atoms with van der Waals surface area (Å²) in [5, 5.41) is 6.73. The van der Waals surface area contributed by atoms with Crippen molar-refractivity contribution in [2.75, 3.05) is 0 Å². The number of carbonyl (C=O) groups excluding carboxylic acids is 1. The Morgan fingerprint density at radius 2 is 1.17 bits per heavy atom. The lowest BCUT2D eigenvalue weighted by Crippen LogP contribution is -2.17. The van der Waals surface area contributed by atoms with E-state index in [0.717, 1.165) is 37.3 Å². The van der Waals surface area contributed by atoms with Crippen LogP contribution < -0.4 is 10.6 Å². The van der Waals surface area contributed by atoms with E-state index >= 15 is 0 Å². The van der Waals surface area contributed by atoms with Gasteiger partial charge in [0, 0.05) is 38.0 Å². The van der Waals surface area contributed by atoms with Crippen molar-refractivity contribution in [3.05, 3.63) is 69.8 Å². The standard InChI is InChI=1S/C21H24N2O/c1-13(15-3-5-17-9-22-11-19(17)7-15)21(24)14(2)16-4-6-18-10-23-12-20(18)8-16/h3-8,13-14,22-23H,9-12H2,1-2H3. The second kappa shape index (κ2) is 6.15. The van der Waals surface area contributed by atoms with Crippen LogP contribution in [0.2, 0.25) is 0 Å². The first kappa shape index (κ1) is 15.6. The average Bonchev–Trinajstić information content (AvgIpc) is 3.26. The third-order valence-electron chi connectivity index (χ3n) is 5.58. The van der Waals surface area contributed by atoms with Gasteiger partial charge in [-0.15, -0.1) is 0 Å². The molecule has 0 saturated carbocycles. The summed E-state index contributed by atoms with van der Waals surface area (Å²) in [5.41, 5.74) is 7.66. The number of hydrogen-bond donors (Lipinski definition) is 2. The van der Waals surface area contributed by atoms with Crippen molar-refractivity contribution >= 4 is 5.78 Å². The maximum Gasteiger partial charge on any atom is 0.147 e. The molecule has 0 aromatic heterocycles. The first-order valence-electron chi connectivity index (χ1n) is 8.82. The molecule has 0 aliphatic carbocycles. The maximum absolute atomic E-state index is 13.0. The van der Waals surface area contributed by atoms with Gasteiger partial charge in [-0.1, -0.05) is 50.2 Å². The molecule has 3 nitrogen and oxygen atoms in total. The Balaban J connectivity index is 1.56. The maximum atomic E-state index is 13.0. The van der Waals surface area contributed by atoms with Gasteiger partial charge in [0.15, 0.2) is 0 Å². The highest BCUT2D eigenvalue weighted by atomic mass is 16.1. The molecule has 2 unspecified atom stereocenters. The molecule has 0 saturated heterocycles. The number of benzene rings is 2. The summed E-state index contributed by atoms with van der Waals surface area (Å²) in [6.45, 7) is 7.79. The molecular formula is C21H24N2O. The molecule has 2 aliphatic heterocycles. The van der Waals surface area contributed by atoms with Gasteiger partial charge in [-0.25, -0.2) is 0 Å². The smallest absolute Gasteiger partial charge is 0.147 e. The molecule has 24 heavy (non-hydrogen) atoms. The second-order valence-electron chi connectivity index (χ2n) is 7.11. The summed E-state index contributed by atoms with van der Waals surface area (Å²) in [7, 11) is 0. The van der Waals surface area contributed by atoms with Crippen molar-refractivity contribution in [3.63, 3.8) is 0 Å². The zero-order valence-corrected chi connectivity index (χ0v) is 14.4. The largest absolute Gasteiger partial charge is 0.309 e. The molecule has 2 heterocycles. The normalized spacial score (nSPS) is 18.1. The van der Waals surface area contributed by atoms with E-state index in [9.17, 15) is 4.79 Å². The van der Waals surface area contributed by atoms with Gasteiger partial charge in [0.25, 0.3) is 0 Å². The second-order valence-corrected chi connectivity index (χ2v) is 7.11. The van der Waals surface area contributed by atoms with Gasteiger partial charge >= 0.3 is 0 Å². The fourth-order valence-electron chi connectivity index (χ4n) is 3.87. The molecule has 124 valence electrons. The Morgan fingerprint density at radius 3 is 1.62 bits per heavy atom. The van der Waals surface area contributed by atoms with Gasteiger partial charge in [-0.05, 0) is 33.4 Å². The lowest BCUT2D eigenvalue weighted by molar-refractivity contribution is -0.121. The molecule has 2 N–H and O–H groups in total. The first-order valence-corrected chi connectivity index (χ1v) is 8.82. The van der Waals surface area contributed by atoms with Crippen LogP contribution in [0.5, 0.6) is 0 Å². The van der Waals surface area contributed by atoms with Crippen LogP contribution in [0.15, 0.2) is 36.4 Å². The van der Waals surface area contributed by atoms with Gasteiger partial charge in [0.1, 0.15) is 5.78 Å². The summed E-state index contributed by atoms with van der Waals surface area (Å²) in [4.78, 5) is 13.0. The lowest BCUT2D eigenvalue weighted by Gasteiger charge is -2.18. The summed E-state index contributed by atoms with van der Waals surface area (Å²) >= 11 is 0. The number of carbonyl (C=O) groups is 1. The molecule has 2 aromatic rings. The monoisotopic (exact) mass is 320 g/mol. The van der Waals surface area contributed by atoms with Crippen LogP contribution in [-0.4, -0.2) is 5.78 Å². The highest BCUT2D eigenvalue weighted by molar-refractivity contribution is 5.91. The first-order chi connectivity index (χ1) is 11.6. The minimum absolute atomic E-state index is 0.0720. The number of hydrogen-bond acceptors (Lipinski definition) is 3. The van der Waals surface area contributed by atoms with Gasteiger partial charge in [-0.2, -0.15) is 0 Å². The van der Waals surface area contributed by atoms with E-state index in [-0.39, 0.29) is 11.8 Å². The van der Waals surface area contributed by atoms with E-state index in [4.69, 9.17) is 0 Å². The van der Waals surface area contributed by atoms with Crippen molar-refractivity contribution < 1.29 is 4.79 Å². The fraction of sp³-hybridized carbons (Fsp3) is 0.381. The third kappa shape index (κ3) is 2.68. The summed E-state index contributed by atoms with van der Waals surface area (Å²) in [6, 6.07) is 13.0. The Kier molecular flexibility index (Phi) is 3.99. The van der Waals surface area contributed by atoms with Crippen LogP contribution in [0.1, 0.15) is 59.1 Å². The summed E-state index contributed by atoms with van der Waals surface area (Å²) in [5.74, 6) is 0.154. The highest BCUT2D eigenvalue weighted by Gasteiger charge is 2.25. The number of ketones is 1. The summed E-state index contributed by atoms with van der Waals surface area (Å²) < 4.78 is 0. The number of nitrogens with one attached hydrogen (secondary N) is 2. The van der Waals surface area contributed by atoms with Crippen LogP contribution in [0, 0.1) is 0 Å². The molecule has 3 heteroatoms. The molecule has 0 bridgehead atoms. The molecule has 4 rings (SSSR count). The van der Waals surface area contributed by atoms with Crippen molar-refractivity contribution in [2.24, 2.45) is 0 Å². The quantitative estimate of drug-likeness (QED) is 0.907. The third-order valence-corrected chi connectivity index (χ3v) is 5.58. The Bertz CT molecular complexity index is 731. The van der Waals surface area contributed by atoms with E-state index in [1.54, 1.807) is 0 Å². The fourth-order valence-corrected chi connectivity index (χ4v) is 3.87. The van der Waals surface area contributed by atoms with Gasteiger partial charge in [0.2, 0.25) is 0 Å². The van der Waals surface area contributed by atoms with Gasteiger partial charge < -0.3 is 10.6 Å². The average molecular weight is 320 g/mol. The Labute approximate surface area is 143 Å². The zero-order valence-electron chi connectivity index (χ0n) is 14.4. The molecule has 2 aliphatic rings. The van der Waals surface area contributed by atoms with Crippen molar-refractivity contribution in [3.8, 4) is 0 Å². The van der Waals surface area contributed by atoms with Crippen molar-refractivity contribution in [2.45, 2.75) is 51.9 Å². The molecule has 0 spiro atoms. The van der Waals surface area contributed by atoms with Crippen molar-refractivity contribution in [1.82, 2.24) is 10.6 Å². The Morgan fingerprint density at radius 1 is 0.750 bits per heavy atom. The molecule has 2 atom stereocenters. The molecule has 2 aromatic carbocycles. The number of rotatable bonds is 4. The Hall–Kier alpha value is -1.97. The minimum Gasteiger partial charge on any atom is -0.309 e. The predicted molar refractivity (Wildman–Crippen MR) is 95.8 cm³/mol. The van der Waals surface area contributed by atoms with E-state index in [1.807, 2.05) is 13.8 Å². The number of fused-ring (bicyclic) bond motifs is 2. The molecule has 0 radical (unpaired) electrons. The zero-order chi connectivity index (χ0) is 16.7. The van der Waals surface area contributed by atoms with Crippen molar-refractivity contribution in [1.29, 1.82) is 0 Å². The van der Waals surface area contributed by atoms with Crippen LogP contribution in [0.4, 0.5) is 0 Å². The number of Topliss-reactive ketones (excluding diaryl/α,β-unsaturated/α-hetero) is 1.